The molecule has 16 nitrogen and oxygen atoms in total. The van der Waals surface area contributed by atoms with Gasteiger partial charge in [-0.3, -0.25) is 28.9 Å². The fourth-order valence-electron chi connectivity index (χ4n) is 10.7. The lowest BCUT2D eigenvalue weighted by Gasteiger charge is -2.79. The van der Waals surface area contributed by atoms with Crippen LogP contribution in [0, 0.1) is 23.2 Å². The van der Waals surface area contributed by atoms with E-state index in [1.807, 2.05) is 67.5 Å². The van der Waals surface area contributed by atoms with E-state index in [2.05, 4.69) is 10.6 Å². The van der Waals surface area contributed by atoms with Crippen LogP contribution < -0.4 is 15.4 Å². The van der Waals surface area contributed by atoms with Crippen molar-refractivity contribution in [2.75, 3.05) is 82.4 Å². The summed E-state index contributed by atoms with van der Waals surface area (Å²) in [4.78, 5) is 83.4. The minimum absolute atomic E-state index is 0.00805. The maximum absolute atomic E-state index is 14.4. The number of carboxylic acid groups (broad SMARTS) is 1. The van der Waals surface area contributed by atoms with Crippen molar-refractivity contribution in [1.82, 2.24) is 20.4 Å². The summed E-state index contributed by atoms with van der Waals surface area (Å²) >= 11 is 0. The number of aliphatic carboxylic acids is 1. The number of aliphatic hydroxyl groups excluding tert-OH is 4. The fraction of sp³-hybridized carbons (Fsp3) is 0.725. The van der Waals surface area contributed by atoms with Crippen LogP contribution in [0.1, 0.15) is 106 Å². The molecule has 18 heteroatoms. The van der Waals surface area contributed by atoms with Crippen LogP contribution in [0.25, 0.3) is 0 Å². The number of Topliss-reactive ketones (excluding diaryl/α,β-unsaturated/α-hetero) is 1. The third-order valence-electron chi connectivity index (χ3n) is 15.3. The summed E-state index contributed by atoms with van der Waals surface area (Å²) in [5, 5.41) is 58.2. The molecule has 1 aliphatic heterocycles. The Morgan fingerprint density at radius 1 is 0.913 bits per heavy atom. The van der Waals surface area contributed by atoms with Gasteiger partial charge in [0.15, 0.2) is 0 Å². The Balaban J connectivity index is 1.93. The van der Waals surface area contributed by atoms with E-state index in [0.29, 0.717) is 12.2 Å². The summed E-state index contributed by atoms with van der Waals surface area (Å²) < 4.78 is 6.52. The summed E-state index contributed by atoms with van der Waals surface area (Å²) in [7, 11) is 0.331. The first kappa shape index (κ1) is 59.8. The molecule has 0 radical (unpaired) electrons. The number of hydrogen-bond acceptors (Lipinski definition) is 13. The number of ether oxygens (including phenoxy) is 1. The molecular weight excluding hydrogens is 925 g/mol. The molecule has 2 aliphatic rings. The van der Waals surface area contributed by atoms with Gasteiger partial charge >= 0.3 is 5.97 Å². The number of amides is 4. The second kappa shape index (κ2) is 24.3. The Bertz CT molecular complexity index is 1970. The number of benzene rings is 1. The second-order valence-corrected chi connectivity index (χ2v) is 33.9. The molecule has 0 spiro atoms. The monoisotopic (exact) mass is 1010 g/mol. The number of imide groups is 1. The van der Waals surface area contributed by atoms with Crippen LogP contribution in [0.4, 0.5) is 0 Å². The van der Waals surface area contributed by atoms with Crippen molar-refractivity contribution < 1.29 is 59.0 Å². The van der Waals surface area contributed by atoms with E-state index >= 15 is 0 Å². The van der Waals surface area contributed by atoms with E-state index in [-0.39, 0.29) is 122 Å². The molecule has 1 saturated heterocycles. The van der Waals surface area contributed by atoms with Crippen molar-refractivity contribution in [1.29, 1.82) is 0 Å². The third-order valence-corrected chi connectivity index (χ3v) is 29.3. The molecule has 3 rings (SSSR count). The zero-order chi connectivity index (χ0) is 52.2. The SMILES string of the molecule is CCC(=O)C1CCC(CN2C(=O)CC(SS(CCO)(CCO)(CCO)(CCO)CCOc3cccc(C(C)(C)[C@H](NC)C(=O)N[C@H](C(=O)N(C)[C@H](/C=C(\C)C(=O)O)C(C)C)C(C)(C)C)c3)C2=O)CC1. The number of likely N-dealkylation sites (tertiary alicyclic amines) is 1. The molecule has 1 aliphatic carbocycles. The molecule has 4 amide bonds. The Kier molecular flexibility index (Phi) is 21.0. The highest BCUT2D eigenvalue weighted by molar-refractivity contribution is 9.13. The van der Waals surface area contributed by atoms with Crippen LogP contribution >= 0.6 is 18.1 Å². The van der Waals surface area contributed by atoms with Gasteiger partial charge in [-0.2, -0.15) is 0 Å². The maximum atomic E-state index is 14.4. The van der Waals surface area contributed by atoms with Gasteiger partial charge in [-0.25, -0.2) is 12.1 Å². The van der Waals surface area contributed by atoms with E-state index < -0.39 is 53.4 Å². The van der Waals surface area contributed by atoms with Gasteiger partial charge in [0, 0.05) is 49.1 Å². The Hall–Kier alpha value is -3.52. The highest BCUT2D eigenvalue weighted by Gasteiger charge is 2.63. The first-order valence-electron chi connectivity index (χ1n) is 24.6. The molecule has 69 heavy (non-hydrogen) atoms. The number of carbonyl (C=O) groups is 6. The lowest BCUT2D eigenvalue weighted by atomic mass is 9.76. The van der Waals surface area contributed by atoms with Crippen LogP contribution in [-0.2, 0) is 34.2 Å². The number of aliphatic hydroxyl groups is 4. The first-order chi connectivity index (χ1) is 32.2. The predicted molar refractivity (Wildman–Crippen MR) is 276 cm³/mol. The zero-order valence-corrected chi connectivity index (χ0v) is 44.9. The molecule has 7 N–H and O–H groups in total. The minimum atomic E-state index is -4.22. The van der Waals surface area contributed by atoms with E-state index in [0.717, 1.165) is 31.2 Å². The molecule has 4 atom stereocenters. The minimum Gasteiger partial charge on any atom is -0.493 e. The molecule has 0 bridgehead atoms. The van der Waals surface area contributed by atoms with Crippen LogP contribution in [0.2, 0.25) is 0 Å². The summed E-state index contributed by atoms with van der Waals surface area (Å²) in [5.74, 6) is -1.41. The van der Waals surface area contributed by atoms with Crippen molar-refractivity contribution in [3.8, 4) is 5.75 Å². The van der Waals surface area contributed by atoms with Crippen LogP contribution in [0.15, 0.2) is 35.9 Å². The third kappa shape index (κ3) is 13.9. The topological polar surface area (TPSA) is 243 Å². The Morgan fingerprint density at radius 3 is 1.96 bits per heavy atom. The maximum Gasteiger partial charge on any atom is 0.331 e. The van der Waals surface area contributed by atoms with E-state index in [9.17, 15) is 54.3 Å². The van der Waals surface area contributed by atoms with Gasteiger partial charge in [0.1, 0.15) is 22.8 Å². The van der Waals surface area contributed by atoms with Gasteiger partial charge in [-0.1, -0.05) is 73.6 Å². The van der Waals surface area contributed by atoms with Gasteiger partial charge in [0.05, 0.1) is 45.1 Å². The van der Waals surface area contributed by atoms with Crippen molar-refractivity contribution in [3.05, 3.63) is 41.5 Å². The number of rotatable bonds is 28. The number of carbonyl (C=O) groups excluding carboxylic acids is 5. The summed E-state index contributed by atoms with van der Waals surface area (Å²) in [6.07, 6.45) is 4.87. The first-order valence-corrected chi connectivity index (χ1v) is 29.3. The van der Waals surface area contributed by atoms with Crippen molar-refractivity contribution in [2.45, 2.75) is 130 Å². The van der Waals surface area contributed by atoms with Gasteiger partial charge in [-0.15, -0.1) is 10.8 Å². The highest BCUT2D eigenvalue weighted by Crippen LogP contribution is 2.97. The smallest absolute Gasteiger partial charge is 0.331 e. The number of nitrogens with one attached hydrogen (secondary N) is 2. The quantitative estimate of drug-likeness (QED) is 0.0350. The van der Waals surface area contributed by atoms with Gasteiger partial charge in [-0.05, 0) is 97.6 Å². The molecule has 1 heterocycles. The van der Waals surface area contributed by atoms with Gasteiger partial charge in [0.2, 0.25) is 23.6 Å². The average molecular weight is 1010 g/mol. The zero-order valence-electron chi connectivity index (χ0n) is 43.3. The molecule has 1 unspecified atom stereocenters. The van der Waals surface area contributed by atoms with Crippen LogP contribution in [0.5, 0.6) is 5.75 Å². The van der Waals surface area contributed by atoms with Gasteiger partial charge < -0.3 is 45.8 Å². The van der Waals surface area contributed by atoms with E-state index in [1.165, 1.54) is 27.5 Å². The van der Waals surface area contributed by atoms with Crippen molar-refractivity contribution in [3.63, 3.8) is 0 Å². The summed E-state index contributed by atoms with van der Waals surface area (Å²) in [6.45, 7) is 15.3. The van der Waals surface area contributed by atoms with E-state index in [1.54, 1.807) is 32.3 Å². The number of nitrogens with zero attached hydrogens (tertiary/aromatic N) is 2. The Morgan fingerprint density at radius 2 is 1.48 bits per heavy atom. The Labute approximate surface area is 413 Å². The van der Waals surface area contributed by atoms with Gasteiger partial charge in [0.25, 0.3) is 0 Å². The second-order valence-electron chi connectivity index (χ2n) is 21.7. The molecular formula is C51H86N4O12S2. The predicted octanol–water partition coefficient (Wildman–Crippen LogP) is 4.38. The molecule has 1 saturated carbocycles. The largest absolute Gasteiger partial charge is 0.493 e. The number of carboxylic acids is 1. The summed E-state index contributed by atoms with van der Waals surface area (Å²) in [6, 6.07) is 4.86. The van der Waals surface area contributed by atoms with Crippen LogP contribution in [0.3, 0.4) is 0 Å². The molecule has 1 aromatic rings. The standard InChI is InChI=1S/C51H86N4O12S2/c1-12-41(60)37-18-16-36(17-19-37)33-55-43(61)32-42(47(55)63)68-69(25-20-56,26-21-57,27-22-58,28-23-59)29-24-67-39-15-13-14-38(31-39)51(8,9)44(52-10)46(62)53-45(50(5,6)7)48(64)54(11)40(34(2)3)30-35(4)49(65)66/h13-15,30-31,34,36-37,40,42,44-45,52,56-59H,12,16-29,32-33H2,1-11H3,(H,53,62)(H,65,66)/b35-30+/t36?,37?,40-,42?,44-,45-/m1/s1. The molecule has 1 aromatic carbocycles. The molecule has 2 fully saturated rings. The summed E-state index contributed by atoms with van der Waals surface area (Å²) in [5.41, 5.74) is -0.807. The fourth-order valence-corrected chi connectivity index (χ4v) is 22.9. The normalized spacial score (nSPS) is 20.8. The number of hydrogen-bond donors (Lipinski definition) is 7. The number of likely N-dealkylation sites (N-methyl/N-ethyl adjacent to an activating group) is 2. The number of ketones is 1. The highest BCUT2D eigenvalue weighted by atomic mass is 33.2. The lowest BCUT2D eigenvalue weighted by molar-refractivity contribution is -0.141. The van der Waals surface area contributed by atoms with E-state index in [4.69, 9.17) is 4.74 Å². The molecule has 394 valence electrons. The average Bonchev–Trinajstić information content (AvgIpc) is 3.53. The molecule has 0 aromatic heterocycles. The lowest BCUT2D eigenvalue weighted by Crippen LogP contribution is -2.61. The van der Waals surface area contributed by atoms with Crippen molar-refractivity contribution >= 4 is 53.5 Å². The van der Waals surface area contributed by atoms with Crippen LogP contribution in [-0.4, -0.2) is 177 Å². The van der Waals surface area contributed by atoms with Crippen molar-refractivity contribution in [2.24, 2.45) is 23.2 Å².